The highest BCUT2D eigenvalue weighted by molar-refractivity contribution is 5.94. The third-order valence-corrected chi connectivity index (χ3v) is 4.82. The standard InChI is InChI=1S/C23H16FN3O2/c1-28-19-8-6-18(7-9-19)27-22(11-12-25-27)15-5-10-21-20(14-15)23(29-26-21)16-3-2-4-17(24)13-16/h2-14H,1H3. The lowest BCUT2D eigenvalue weighted by Gasteiger charge is -2.09. The van der Waals surface area contributed by atoms with Crippen LogP contribution in [-0.4, -0.2) is 22.0 Å². The van der Waals surface area contributed by atoms with Crippen molar-refractivity contribution < 1.29 is 13.7 Å². The number of rotatable bonds is 4. The summed E-state index contributed by atoms with van der Waals surface area (Å²) in [4.78, 5) is 0. The van der Waals surface area contributed by atoms with Gasteiger partial charge in [0.1, 0.15) is 17.1 Å². The van der Waals surface area contributed by atoms with Crippen molar-refractivity contribution in [3.8, 4) is 34.0 Å². The van der Waals surface area contributed by atoms with Crippen molar-refractivity contribution in [1.29, 1.82) is 0 Å². The summed E-state index contributed by atoms with van der Waals surface area (Å²) in [5.41, 5.74) is 4.15. The van der Waals surface area contributed by atoms with Gasteiger partial charge >= 0.3 is 0 Å². The normalized spacial score (nSPS) is 11.1. The Hall–Kier alpha value is -3.93. The Bertz CT molecular complexity index is 1310. The fraction of sp³-hybridized carbons (Fsp3) is 0.0435. The van der Waals surface area contributed by atoms with Crippen LogP contribution in [0.1, 0.15) is 0 Å². The quantitative estimate of drug-likeness (QED) is 0.410. The molecule has 29 heavy (non-hydrogen) atoms. The van der Waals surface area contributed by atoms with Crippen LogP contribution in [0.3, 0.4) is 0 Å². The van der Waals surface area contributed by atoms with Gasteiger partial charge in [-0.05, 0) is 54.6 Å². The van der Waals surface area contributed by atoms with Gasteiger partial charge in [0.2, 0.25) is 0 Å². The summed E-state index contributed by atoms with van der Waals surface area (Å²) in [5, 5.41) is 9.39. The number of halogens is 1. The van der Waals surface area contributed by atoms with Crippen LogP contribution in [0.4, 0.5) is 4.39 Å². The first-order valence-corrected chi connectivity index (χ1v) is 9.07. The third kappa shape index (κ3) is 3.04. The van der Waals surface area contributed by atoms with Gasteiger partial charge in [-0.25, -0.2) is 9.07 Å². The van der Waals surface area contributed by atoms with Gasteiger partial charge in [0.15, 0.2) is 5.76 Å². The van der Waals surface area contributed by atoms with Crippen molar-refractivity contribution in [3.63, 3.8) is 0 Å². The highest BCUT2D eigenvalue weighted by atomic mass is 19.1. The number of nitrogens with zero attached hydrogens (tertiary/aromatic N) is 3. The lowest BCUT2D eigenvalue weighted by molar-refractivity contribution is 0.414. The van der Waals surface area contributed by atoms with Gasteiger partial charge in [0.05, 0.1) is 30.1 Å². The van der Waals surface area contributed by atoms with Crippen LogP contribution >= 0.6 is 0 Å². The summed E-state index contributed by atoms with van der Waals surface area (Å²) >= 11 is 0. The minimum atomic E-state index is -0.319. The molecular formula is C23H16FN3O2. The molecule has 0 amide bonds. The van der Waals surface area contributed by atoms with Crippen molar-refractivity contribution in [2.45, 2.75) is 0 Å². The molecule has 5 rings (SSSR count). The van der Waals surface area contributed by atoms with E-state index in [0.29, 0.717) is 16.8 Å². The van der Waals surface area contributed by atoms with Crippen molar-refractivity contribution in [3.05, 3.63) is 84.8 Å². The second-order valence-electron chi connectivity index (χ2n) is 6.58. The highest BCUT2D eigenvalue weighted by Gasteiger charge is 2.14. The van der Waals surface area contributed by atoms with Crippen LogP contribution in [-0.2, 0) is 0 Å². The van der Waals surface area contributed by atoms with Crippen LogP contribution in [0, 0.1) is 5.82 Å². The second-order valence-corrected chi connectivity index (χ2v) is 6.58. The monoisotopic (exact) mass is 385 g/mol. The smallest absolute Gasteiger partial charge is 0.174 e. The van der Waals surface area contributed by atoms with Gasteiger partial charge in [0, 0.05) is 11.1 Å². The minimum absolute atomic E-state index is 0.319. The maximum atomic E-state index is 13.7. The van der Waals surface area contributed by atoms with Gasteiger partial charge in [-0.2, -0.15) is 5.10 Å². The molecule has 0 radical (unpaired) electrons. The van der Waals surface area contributed by atoms with Crippen LogP contribution in [0.25, 0.3) is 39.2 Å². The molecule has 0 fully saturated rings. The molecule has 0 spiro atoms. The maximum Gasteiger partial charge on any atom is 0.174 e. The third-order valence-electron chi connectivity index (χ3n) is 4.82. The molecule has 2 aromatic heterocycles. The molecule has 0 aliphatic heterocycles. The van der Waals surface area contributed by atoms with Crippen LogP contribution in [0.5, 0.6) is 5.75 Å². The number of hydrogen-bond donors (Lipinski definition) is 0. The Kier molecular flexibility index (Phi) is 4.09. The summed E-state index contributed by atoms with van der Waals surface area (Å²) < 4.78 is 26.3. The van der Waals surface area contributed by atoms with Crippen LogP contribution in [0.15, 0.2) is 83.5 Å². The van der Waals surface area contributed by atoms with Crippen LogP contribution < -0.4 is 4.74 Å². The molecular weight excluding hydrogens is 369 g/mol. The fourth-order valence-electron chi connectivity index (χ4n) is 3.39. The predicted molar refractivity (Wildman–Crippen MR) is 109 cm³/mol. The molecule has 3 aromatic carbocycles. The number of ether oxygens (including phenoxy) is 1. The van der Waals surface area contributed by atoms with E-state index in [9.17, 15) is 4.39 Å². The summed E-state index contributed by atoms with van der Waals surface area (Å²) in [7, 11) is 1.64. The Balaban J connectivity index is 1.62. The number of aromatic nitrogens is 3. The zero-order valence-electron chi connectivity index (χ0n) is 15.5. The molecule has 0 atom stereocenters. The molecule has 0 aliphatic carbocycles. The van der Waals surface area contributed by atoms with E-state index in [-0.39, 0.29) is 5.82 Å². The molecule has 142 valence electrons. The first-order chi connectivity index (χ1) is 14.2. The second kappa shape index (κ2) is 6.91. The summed E-state index contributed by atoms with van der Waals surface area (Å²) in [6.45, 7) is 0. The Morgan fingerprint density at radius 2 is 1.79 bits per heavy atom. The first kappa shape index (κ1) is 17.2. The van der Waals surface area contributed by atoms with E-state index in [1.165, 1.54) is 12.1 Å². The van der Waals surface area contributed by atoms with E-state index in [4.69, 9.17) is 9.26 Å². The molecule has 5 aromatic rings. The van der Waals surface area contributed by atoms with Gasteiger partial charge in [-0.1, -0.05) is 23.4 Å². The number of hydrogen-bond acceptors (Lipinski definition) is 4. The lowest BCUT2D eigenvalue weighted by atomic mass is 10.0. The van der Waals surface area contributed by atoms with Crippen LogP contribution in [0.2, 0.25) is 0 Å². The number of fused-ring (bicyclic) bond motifs is 1. The number of benzene rings is 3. The van der Waals surface area contributed by atoms with E-state index in [1.54, 1.807) is 25.4 Å². The van der Waals surface area contributed by atoms with Gasteiger partial charge in [0.25, 0.3) is 0 Å². The molecule has 0 saturated heterocycles. The SMILES string of the molecule is COc1ccc(-n2nccc2-c2ccc3noc(-c4cccc(F)c4)c3c2)cc1. The highest BCUT2D eigenvalue weighted by Crippen LogP contribution is 2.33. The van der Waals surface area contributed by atoms with E-state index in [0.717, 1.165) is 28.1 Å². The molecule has 0 bridgehead atoms. The average molecular weight is 385 g/mol. The summed E-state index contributed by atoms with van der Waals surface area (Å²) in [5.74, 6) is 1.01. The molecule has 2 heterocycles. The average Bonchev–Trinajstić information content (AvgIpc) is 3.40. The van der Waals surface area contributed by atoms with E-state index in [2.05, 4.69) is 10.3 Å². The Labute approximate surface area is 166 Å². The van der Waals surface area contributed by atoms with Crippen molar-refractivity contribution in [1.82, 2.24) is 14.9 Å². The molecule has 0 unspecified atom stereocenters. The van der Waals surface area contributed by atoms with E-state index >= 15 is 0 Å². The molecule has 0 saturated carbocycles. The Morgan fingerprint density at radius 3 is 2.59 bits per heavy atom. The van der Waals surface area contributed by atoms with E-state index in [1.807, 2.05) is 53.2 Å². The lowest BCUT2D eigenvalue weighted by Crippen LogP contribution is -1.98. The largest absolute Gasteiger partial charge is 0.497 e. The van der Waals surface area contributed by atoms with Crippen molar-refractivity contribution >= 4 is 10.9 Å². The van der Waals surface area contributed by atoms with Gasteiger partial charge < -0.3 is 9.26 Å². The zero-order chi connectivity index (χ0) is 19.8. The molecule has 0 N–H and O–H groups in total. The topological polar surface area (TPSA) is 53.1 Å². The maximum absolute atomic E-state index is 13.7. The molecule has 5 nitrogen and oxygen atoms in total. The molecule has 0 aliphatic rings. The van der Waals surface area contributed by atoms with Gasteiger partial charge in [-0.3, -0.25) is 0 Å². The van der Waals surface area contributed by atoms with Crippen molar-refractivity contribution in [2.75, 3.05) is 7.11 Å². The Morgan fingerprint density at radius 1 is 0.931 bits per heavy atom. The summed E-state index contributed by atoms with van der Waals surface area (Å²) in [6, 6.07) is 21.8. The minimum Gasteiger partial charge on any atom is -0.497 e. The fourth-order valence-corrected chi connectivity index (χ4v) is 3.39. The first-order valence-electron chi connectivity index (χ1n) is 9.07. The number of methoxy groups -OCH3 is 1. The van der Waals surface area contributed by atoms with Crippen molar-refractivity contribution in [2.24, 2.45) is 0 Å². The predicted octanol–water partition coefficient (Wildman–Crippen LogP) is 5.50. The van der Waals surface area contributed by atoms with E-state index < -0.39 is 0 Å². The van der Waals surface area contributed by atoms with Gasteiger partial charge in [-0.15, -0.1) is 0 Å². The zero-order valence-corrected chi connectivity index (χ0v) is 15.5. The summed E-state index contributed by atoms with van der Waals surface area (Å²) in [6.07, 6.45) is 1.75. The molecule has 6 heteroatoms.